The molecule has 3 rings (SSSR count). The fourth-order valence-corrected chi connectivity index (χ4v) is 3.24. The molecule has 144 valence electrons. The molecule has 26 heavy (non-hydrogen) atoms. The lowest BCUT2D eigenvalue weighted by atomic mass is 10.2. The van der Waals surface area contributed by atoms with Crippen molar-refractivity contribution in [1.82, 2.24) is 30.1 Å². The molecule has 9 heteroatoms. The summed E-state index contributed by atoms with van der Waals surface area (Å²) >= 11 is 0. The summed E-state index contributed by atoms with van der Waals surface area (Å²) in [6.45, 7) is 4.37. The molecule has 0 aliphatic carbocycles. The Morgan fingerprint density at radius 2 is 2.23 bits per heavy atom. The summed E-state index contributed by atoms with van der Waals surface area (Å²) in [5.41, 5.74) is 0.849. The highest BCUT2D eigenvalue weighted by atomic mass is 127. The summed E-state index contributed by atoms with van der Waals surface area (Å²) in [5, 5.41) is 15.1. The second kappa shape index (κ2) is 10.6. The predicted molar refractivity (Wildman–Crippen MR) is 113 cm³/mol. The monoisotopic (exact) mass is 473 g/mol. The van der Waals surface area contributed by atoms with Crippen molar-refractivity contribution in [3.63, 3.8) is 0 Å². The number of ether oxygens (including phenoxy) is 1. The minimum absolute atomic E-state index is 0. The lowest BCUT2D eigenvalue weighted by Crippen LogP contribution is -2.45. The quantitative estimate of drug-likeness (QED) is 0.357. The maximum absolute atomic E-state index is 5.20. The van der Waals surface area contributed by atoms with Crippen LogP contribution in [0.15, 0.2) is 29.4 Å². The molecule has 1 fully saturated rings. The number of aliphatic imine (C=N–C) groups is 1. The highest BCUT2D eigenvalue weighted by Crippen LogP contribution is 2.15. The van der Waals surface area contributed by atoms with Crippen molar-refractivity contribution in [2.75, 3.05) is 40.4 Å². The number of nitrogens with zero attached hydrogens (tertiary/aromatic N) is 5. The topological polar surface area (TPSA) is 79.1 Å². The van der Waals surface area contributed by atoms with Gasteiger partial charge in [-0.2, -0.15) is 0 Å². The van der Waals surface area contributed by atoms with Gasteiger partial charge < -0.3 is 15.4 Å². The Morgan fingerprint density at radius 1 is 1.35 bits per heavy atom. The molecule has 2 aromatic heterocycles. The predicted octanol–water partition coefficient (Wildman–Crippen LogP) is 1.12. The molecular formula is C17H28IN7O. The number of halogens is 1. The van der Waals surface area contributed by atoms with E-state index in [2.05, 4.69) is 30.7 Å². The van der Waals surface area contributed by atoms with E-state index in [9.17, 15) is 0 Å². The number of likely N-dealkylation sites (tertiary alicyclic amines) is 1. The van der Waals surface area contributed by atoms with Crippen LogP contribution in [0.25, 0.3) is 5.65 Å². The van der Waals surface area contributed by atoms with Crippen molar-refractivity contribution in [2.24, 2.45) is 4.99 Å². The molecule has 0 spiro atoms. The van der Waals surface area contributed by atoms with Crippen molar-refractivity contribution in [2.45, 2.75) is 25.4 Å². The number of fused-ring (bicyclic) bond motifs is 1. The molecule has 2 N–H and O–H groups in total. The average Bonchev–Trinajstić information content (AvgIpc) is 3.27. The van der Waals surface area contributed by atoms with Gasteiger partial charge in [0.15, 0.2) is 17.4 Å². The first-order valence-electron chi connectivity index (χ1n) is 8.78. The van der Waals surface area contributed by atoms with E-state index in [0.717, 1.165) is 43.7 Å². The molecular weight excluding hydrogens is 445 g/mol. The molecule has 2 aromatic rings. The number of guanidine groups is 1. The van der Waals surface area contributed by atoms with Crippen LogP contribution in [0.3, 0.4) is 0 Å². The van der Waals surface area contributed by atoms with Crippen LogP contribution < -0.4 is 10.6 Å². The molecule has 0 amide bonds. The maximum atomic E-state index is 5.20. The Hall–Kier alpha value is -1.46. The van der Waals surface area contributed by atoms with E-state index in [1.807, 2.05) is 28.8 Å². The van der Waals surface area contributed by atoms with Crippen molar-refractivity contribution in [1.29, 1.82) is 0 Å². The zero-order valence-corrected chi connectivity index (χ0v) is 17.7. The molecule has 0 aromatic carbocycles. The second-order valence-corrected chi connectivity index (χ2v) is 6.18. The van der Waals surface area contributed by atoms with Crippen LogP contribution in [0.5, 0.6) is 0 Å². The van der Waals surface area contributed by atoms with Gasteiger partial charge in [-0.15, -0.1) is 34.2 Å². The minimum Gasteiger partial charge on any atom is -0.383 e. The SMILES string of the molecule is CN=C(NCc1nnc2ccccn12)NCC1CCCN1CCOC.I. The summed E-state index contributed by atoms with van der Waals surface area (Å²) in [6.07, 6.45) is 4.42. The van der Waals surface area contributed by atoms with Crippen LogP contribution >= 0.6 is 24.0 Å². The molecule has 1 saturated heterocycles. The van der Waals surface area contributed by atoms with Gasteiger partial charge in [-0.25, -0.2) is 0 Å². The van der Waals surface area contributed by atoms with E-state index in [-0.39, 0.29) is 24.0 Å². The van der Waals surface area contributed by atoms with Crippen LogP contribution in [0, 0.1) is 0 Å². The van der Waals surface area contributed by atoms with Crippen LogP contribution in [-0.4, -0.2) is 71.9 Å². The summed E-state index contributed by atoms with van der Waals surface area (Å²) in [5.74, 6) is 1.65. The summed E-state index contributed by atoms with van der Waals surface area (Å²) < 4.78 is 7.18. The molecule has 0 saturated carbocycles. The smallest absolute Gasteiger partial charge is 0.191 e. The van der Waals surface area contributed by atoms with Gasteiger partial charge in [0.05, 0.1) is 13.2 Å². The lowest BCUT2D eigenvalue weighted by Gasteiger charge is -2.25. The van der Waals surface area contributed by atoms with Crippen molar-refractivity contribution >= 4 is 35.6 Å². The van der Waals surface area contributed by atoms with Gasteiger partial charge in [-0.05, 0) is 31.5 Å². The summed E-state index contributed by atoms with van der Waals surface area (Å²) in [7, 11) is 3.54. The van der Waals surface area contributed by atoms with Crippen molar-refractivity contribution in [3.05, 3.63) is 30.2 Å². The Kier molecular flexibility index (Phi) is 8.52. The summed E-state index contributed by atoms with van der Waals surface area (Å²) in [4.78, 5) is 6.79. The normalized spacial score (nSPS) is 18.1. The van der Waals surface area contributed by atoms with E-state index >= 15 is 0 Å². The van der Waals surface area contributed by atoms with Gasteiger partial charge in [0, 0.05) is 39.5 Å². The number of hydrogen-bond donors (Lipinski definition) is 2. The third kappa shape index (κ3) is 5.27. The molecule has 3 heterocycles. The first kappa shape index (κ1) is 20.8. The number of methoxy groups -OCH3 is 1. The molecule has 1 aliphatic rings. The van der Waals surface area contributed by atoms with E-state index < -0.39 is 0 Å². The maximum Gasteiger partial charge on any atom is 0.191 e. The molecule has 0 bridgehead atoms. The molecule has 0 radical (unpaired) electrons. The summed E-state index contributed by atoms with van der Waals surface area (Å²) in [6, 6.07) is 6.40. The van der Waals surface area contributed by atoms with Crippen molar-refractivity contribution < 1.29 is 4.74 Å². The third-order valence-electron chi connectivity index (χ3n) is 4.61. The minimum atomic E-state index is 0. The zero-order valence-electron chi connectivity index (χ0n) is 15.4. The van der Waals surface area contributed by atoms with Gasteiger partial charge in [0.1, 0.15) is 0 Å². The average molecular weight is 473 g/mol. The van der Waals surface area contributed by atoms with E-state index in [1.54, 1.807) is 14.2 Å². The van der Waals surface area contributed by atoms with Gasteiger partial charge >= 0.3 is 0 Å². The Bertz CT molecular complexity index is 705. The molecule has 1 atom stereocenters. The zero-order chi connectivity index (χ0) is 17.5. The number of rotatable bonds is 7. The Morgan fingerprint density at radius 3 is 3.04 bits per heavy atom. The number of aromatic nitrogens is 3. The lowest BCUT2D eigenvalue weighted by molar-refractivity contribution is 0.141. The first-order valence-corrected chi connectivity index (χ1v) is 8.78. The van der Waals surface area contributed by atoms with Gasteiger partial charge in [0.25, 0.3) is 0 Å². The van der Waals surface area contributed by atoms with Gasteiger partial charge in [0.2, 0.25) is 0 Å². The molecule has 1 aliphatic heterocycles. The Labute approximate surface area is 171 Å². The van der Waals surface area contributed by atoms with E-state index in [1.165, 1.54) is 12.8 Å². The second-order valence-electron chi connectivity index (χ2n) is 6.18. The third-order valence-corrected chi connectivity index (χ3v) is 4.61. The number of pyridine rings is 1. The van der Waals surface area contributed by atoms with Crippen molar-refractivity contribution in [3.8, 4) is 0 Å². The van der Waals surface area contributed by atoms with Gasteiger partial charge in [-0.1, -0.05) is 6.07 Å². The highest BCUT2D eigenvalue weighted by Gasteiger charge is 2.23. The number of nitrogens with one attached hydrogen (secondary N) is 2. The van der Waals surface area contributed by atoms with Crippen LogP contribution in [0.2, 0.25) is 0 Å². The van der Waals surface area contributed by atoms with E-state index in [0.29, 0.717) is 12.6 Å². The van der Waals surface area contributed by atoms with Crippen LogP contribution in [0.1, 0.15) is 18.7 Å². The fraction of sp³-hybridized carbons (Fsp3) is 0.588. The van der Waals surface area contributed by atoms with Gasteiger partial charge in [-0.3, -0.25) is 14.3 Å². The Balaban J connectivity index is 0.00000243. The highest BCUT2D eigenvalue weighted by molar-refractivity contribution is 14.0. The molecule has 1 unspecified atom stereocenters. The number of hydrogen-bond acceptors (Lipinski definition) is 5. The largest absolute Gasteiger partial charge is 0.383 e. The fourth-order valence-electron chi connectivity index (χ4n) is 3.24. The van der Waals surface area contributed by atoms with E-state index in [4.69, 9.17) is 4.74 Å². The first-order chi connectivity index (χ1) is 12.3. The molecule has 8 nitrogen and oxygen atoms in total. The van der Waals surface area contributed by atoms with Crippen LogP contribution in [0.4, 0.5) is 0 Å². The van der Waals surface area contributed by atoms with Crippen LogP contribution in [-0.2, 0) is 11.3 Å². The standard InChI is InChI=1S/C17H27N7O.HI/c1-18-17(19-12-14-6-5-8-23(14)10-11-25-2)20-13-16-22-21-15-7-3-4-9-24(15)16;/h3-4,7,9,14H,5-6,8,10-13H2,1-2H3,(H2,18,19,20);1H.